The molecule has 1 aromatic heterocycles. The van der Waals surface area contributed by atoms with E-state index in [4.69, 9.17) is 0 Å². The van der Waals surface area contributed by atoms with Crippen LogP contribution in [0.15, 0.2) is 18.3 Å². The Labute approximate surface area is 115 Å². The van der Waals surface area contributed by atoms with Crippen molar-refractivity contribution >= 4 is 5.82 Å². The van der Waals surface area contributed by atoms with Crippen LogP contribution in [0, 0.1) is 5.92 Å². The predicted octanol–water partition coefficient (Wildman–Crippen LogP) is 1.49. The van der Waals surface area contributed by atoms with E-state index in [1.165, 1.54) is 25.8 Å². The number of hydrogen-bond acceptors (Lipinski definition) is 4. The molecule has 0 bridgehead atoms. The molecule has 0 aliphatic carbocycles. The lowest BCUT2D eigenvalue weighted by molar-refractivity contribution is 0.102. The third-order valence-electron chi connectivity index (χ3n) is 4.68. The van der Waals surface area contributed by atoms with E-state index < -0.39 is 0 Å². The Morgan fingerprint density at radius 1 is 1.37 bits per heavy atom. The minimum Gasteiger partial charge on any atom is -0.392 e. The maximum Gasteiger partial charge on any atom is 0.134 e. The van der Waals surface area contributed by atoms with E-state index in [2.05, 4.69) is 21.8 Å². The molecule has 0 radical (unpaired) electrons. The molecule has 3 heterocycles. The smallest absolute Gasteiger partial charge is 0.134 e. The monoisotopic (exact) mass is 261 g/mol. The summed E-state index contributed by atoms with van der Waals surface area (Å²) in [5.74, 6) is 1.73. The summed E-state index contributed by atoms with van der Waals surface area (Å²) in [4.78, 5) is 9.37. The SMILES string of the molecule is CN1CCCC2CN(c3ncccc3CO)CCC21. The van der Waals surface area contributed by atoms with E-state index in [9.17, 15) is 5.11 Å². The Hall–Kier alpha value is -1.13. The molecule has 4 heteroatoms. The molecule has 1 aromatic rings. The highest BCUT2D eigenvalue weighted by Crippen LogP contribution is 2.32. The fraction of sp³-hybridized carbons (Fsp3) is 0.667. The summed E-state index contributed by atoms with van der Waals surface area (Å²) in [5, 5.41) is 9.45. The van der Waals surface area contributed by atoms with Crippen molar-refractivity contribution in [2.45, 2.75) is 31.9 Å². The molecule has 2 atom stereocenters. The van der Waals surface area contributed by atoms with Gasteiger partial charge in [0.15, 0.2) is 0 Å². The van der Waals surface area contributed by atoms with Gasteiger partial charge in [-0.2, -0.15) is 0 Å². The molecule has 3 rings (SSSR count). The van der Waals surface area contributed by atoms with Crippen LogP contribution in [0.1, 0.15) is 24.8 Å². The molecule has 19 heavy (non-hydrogen) atoms. The van der Waals surface area contributed by atoms with Gasteiger partial charge in [-0.3, -0.25) is 0 Å². The summed E-state index contributed by atoms with van der Waals surface area (Å²) in [6.45, 7) is 3.45. The number of aliphatic hydroxyl groups is 1. The van der Waals surface area contributed by atoms with Gasteiger partial charge in [0.1, 0.15) is 5.82 Å². The summed E-state index contributed by atoms with van der Waals surface area (Å²) in [6, 6.07) is 4.61. The average molecular weight is 261 g/mol. The quantitative estimate of drug-likeness (QED) is 0.875. The Balaban J connectivity index is 1.77. The van der Waals surface area contributed by atoms with Crippen molar-refractivity contribution in [3.63, 3.8) is 0 Å². The lowest BCUT2D eigenvalue weighted by Gasteiger charge is -2.46. The van der Waals surface area contributed by atoms with E-state index in [0.29, 0.717) is 0 Å². The summed E-state index contributed by atoms with van der Waals surface area (Å²) in [6.07, 6.45) is 5.67. The van der Waals surface area contributed by atoms with Crippen molar-refractivity contribution in [2.24, 2.45) is 5.92 Å². The second kappa shape index (κ2) is 5.47. The second-order valence-corrected chi connectivity index (χ2v) is 5.83. The zero-order chi connectivity index (χ0) is 13.2. The van der Waals surface area contributed by atoms with Crippen LogP contribution in [-0.2, 0) is 6.61 Å². The number of anilines is 1. The number of hydrogen-bond donors (Lipinski definition) is 1. The van der Waals surface area contributed by atoms with Crippen LogP contribution >= 0.6 is 0 Å². The van der Waals surface area contributed by atoms with E-state index >= 15 is 0 Å². The number of piperidine rings is 2. The molecular formula is C15H23N3O. The second-order valence-electron chi connectivity index (χ2n) is 5.83. The first kappa shape index (κ1) is 12.9. The number of nitrogens with zero attached hydrogens (tertiary/aromatic N) is 3. The maximum absolute atomic E-state index is 9.45. The molecule has 104 valence electrons. The van der Waals surface area contributed by atoms with Crippen molar-refractivity contribution in [1.82, 2.24) is 9.88 Å². The summed E-state index contributed by atoms with van der Waals surface area (Å²) < 4.78 is 0. The average Bonchev–Trinajstić information content (AvgIpc) is 2.47. The number of rotatable bonds is 2. The third kappa shape index (κ3) is 2.47. The van der Waals surface area contributed by atoms with Gasteiger partial charge in [0.2, 0.25) is 0 Å². The number of fused-ring (bicyclic) bond motifs is 1. The molecule has 2 unspecified atom stereocenters. The van der Waals surface area contributed by atoms with E-state index in [-0.39, 0.29) is 6.61 Å². The molecule has 0 amide bonds. The number of pyridine rings is 1. The number of aliphatic hydroxyl groups excluding tert-OH is 1. The molecule has 4 nitrogen and oxygen atoms in total. The topological polar surface area (TPSA) is 39.6 Å². The molecule has 0 spiro atoms. The Bertz CT molecular complexity index is 437. The normalized spacial score (nSPS) is 28.2. The van der Waals surface area contributed by atoms with E-state index in [0.717, 1.165) is 36.4 Å². The maximum atomic E-state index is 9.45. The number of likely N-dealkylation sites (tertiary alicyclic amines) is 1. The Kier molecular flexibility index (Phi) is 3.71. The van der Waals surface area contributed by atoms with Crippen molar-refractivity contribution < 1.29 is 5.11 Å². The summed E-state index contributed by atoms with van der Waals surface area (Å²) >= 11 is 0. The highest BCUT2D eigenvalue weighted by molar-refractivity contribution is 5.47. The summed E-state index contributed by atoms with van der Waals surface area (Å²) in [5.41, 5.74) is 0.949. The van der Waals surface area contributed by atoms with Crippen molar-refractivity contribution in [2.75, 3.05) is 31.6 Å². The standard InChI is InChI=1S/C15H23N3O/c1-17-8-3-5-12-10-18(9-6-14(12)17)15-13(11-19)4-2-7-16-15/h2,4,7,12,14,19H,3,5-6,8-11H2,1H3. The first-order valence-electron chi connectivity index (χ1n) is 7.29. The molecule has 0 aromatic carbocycles. The van der Waals surface area contributed by atoms with Crippen LogP contribution in [0.2, 0.25) is 0 Å². The van der Waals surface area contributed by atoms with Crippen LogP contribution in [0.25, 0.3) is 0 Å². The van der Waals surface area contributed by atoms with Crippen LogP contribution < -0.4 is 4.90 Å². The lowest BCUT2D eigenvalue weighted by Crippen LogP contribution is -2.53. The highest BCUT2D eigenvalue weighted by atomic mass is 16.3. The minimum absolute atomic E-state index is 0.0771. The van der Waals surface area contributed by atoms with Gasteiger partial charge in [-0.15, -0.1) is 0 Å². The predicted molar refractivity (Wildman–Crippen MR) is 76.1 cm³/mol. The fourth-order valence-electron chi connectivity index (χ4n) is 3.68. The first-order valence-corrected chi connectivity index (χ1v) is 7.29. The van der Waals surface area contributed by atoms with Crippen LogP contribution in [0.5, 0.6) is 0 Å². The van der Waals surface area contributed by atoms with Crippen LogP contribution in [0.3, 0.4) is 0 Å². The van der Waals surface area contributed by atoms with Crippen molar-refractivity contribution in [3.05, 3.63) is 23.9 Å². The summed E-state index contributed by atoms with van der Waals surface area (Å²) in [7, 11) is 2.26. The van der Waals surface area contributed by atoms with Gasteiger partial charge in [0, 0.05) is 30.9 Å². The molecule has 2 saturated heterocycles. The third-order valence-corrected chi connectivity index (χ3v) is 4.68. The number of aromatic nitrogens is 1. The molecular weight excluding hydrogens is 238 g/mol. The Morgan fingerprint density at radius 3 is 3.11 bits per heavy atom. The molecule has 2 aliphatic rings. The van der Waals surface area contributed by atoms with Gasteiger partial charge >= 0.3 is 0 Å². The molecule has 0 saturated carbocycles. The van der Waals surface area contributed by atoms with Crippen molar-refractivity contribution in [1.29, 1.82) is 0 Å². The van der Waals surface area contributed by atoms with E-state index in [1.54, 1.807) is 0 Å². The Morgan fingerprint density at radius 2 is 2.26 bits per heavy atom. The fourth-order valence-corrected chi connectivity index (χ4v) is 3.68. The van der Waals surface area contributed by atoms with Gasteiger partial charge in [-0.1, -0.05) is 6.07 Å². The van der Waals surface area contributed by atoms with Crippen LogP contribution in [-0.4, -0.2) is 47.7 Å². The zero-order valence-corrected chi connectivity index (χ0v) is 11.6. The van der Waals surface area contributed by atoms with Crippen molar-refractivity contribution in [3.8, 4) is 0 Å². The molecule has 2 aliphatic heterocycles. The highest BCUT2D eigenvalue weighted by Gasteiger charge is 2.34. The van der Waals surface area contributed by atoms with Crippen LogP contribution in [0.4, 0.5) is 5.82 Å². The van der Waals surface area contributed by atoms with Gasteiger partial charge in [0.05, 0.1) is 6.61 Å². The minimum atomic E-state index is 0.0771. The molecule has 1 N–H and O–H groups in total. The van der Waals surface area contributed by atoms with E-state index in [1.807, 2.05) is 18.3 Å². The largest absolute Gasteiger partial charge is 0.392 e. The molecule has 2 fully saturated rings. The van der Waals surface area contributed by atoms with Gasteiger partial charge < -0.3 is 14.9 Å². The first-order chi connectivity index (χ1) is 9.29. The lowest BCUT2D eigenvalue weighted by atomic mass is 9.84. The van der Waals surface area contributed by atoms with Gasteiger partial charge in [0.25, 0.3) is 0 Å². The zero-order valence-electron chi connectivity index (χ0n) is 11.6. The van der Waals surface area contributed by atoms with Gasteiger partial charge in [-0.25, -0.2) is 4.98 Å². The van der Waals surface area contributed by atoms with Gasteiger partial charge in [-0.05, 0) is 44.8 Å².